The van der Waals surface area contributed by atoms with Crippen molar-refractivity contribution >= 4 is 46.4 Å². The molecule has 1 heterocycles. The highest BCUT2D eigenvalue weighted by atomic mass is 35.5. The van der Waals surface area contributed by atoms with Crippen LogP contribution in [0.4, 0.5) is 21.5 Å². The van der Waals surface area contributed by atoms with Gasteiger partial charge in [-0.05, 0) is 55.7 Å². The average Bonchev–Trinajstić information content (AvgIpc) is 2.67. The Labute approximate surface area is 166 Å². The fraction of sp³-hybridized carbons (Fsp3) is 0.250. The molecule has 0 aromatic heterocycles. The van der Waals surface area contributed by atoms with E-state index in [1.54, 1.807) is 23.1 Å². The summed E-state index contributed by atoms with van der Waals surface area (Å²) in [5.41, 5.74) is 2.22. The molecule has 0 aliphatic carbocycles. The fourth-order valence-corrected chi connectivity index (χ4v) is 3.17. The van der Waals surface area contributed by atoms with Crippen LogP contribution in [0.1, 0.15) is 24.8 Å². The Hall–Kier alpha value is -2.93. The number of aryl methyl sites for hydroxylation is 1. The van der Waals surface area contributed by atoms with Crippen molar-refractivity contribution in [3.05, 3.63) is 52.8 Å². The number of carbonyl (C=O) groups excluding carboxylic acids is 3. The molecule has 3 amide bonds. The second-order valence-corrected chi connectivity index (χ2v) is 6.95. The van der Waals surface area contributed by atoms with Gasteiger partial charge in [-0.25, -0.2) is 4.39 Å². The van der Waals surface area contributed by atoms with Crippen LogP contribution in [-0.2, 0) is 14.4 Å². The summed E-state index contributed by atoms with van der Waals surface area (Å²) in [4.78, 5) is 38.2. The van der Waals surface area contributed by atoms with E-state index in [0.717, 1.165) is 24.5 Å². The molecule has 8 heteroatoms. The fourth-order valence-electron chi connectivity index (χ4n) is 2.99. The highest BCUT2D eigenvalue weighted by molar-refractivity contribution is 6.43. The first-order chi connectivity index (χ1) is 13.3. The summed E-state index contributed by atoms with van der Waals surface area (Å²) < 4.78 is 13.2. The number of amides is 3. The number of nitrogens with zero attached hydrogens (tertiary/aromatic N) is 1. The molecule has 1 saturated heterocycles. The Kier molecular flexibility index (Phi) is 5.94. The van der Waals surface area contributed by atoms with Crippen LogP contribution in [-0.4, -0.2) is 24.3 Å². The molecule has 0 spiro atoms. The van der Waals surface area contributed by atoms with Crippen LogP contribution in [0.3, 0.4) is 0 Å². The topological polar surface area (TPSA) is 78.5 Å². The van der Waals surface area contributed by atoms with Gasteiger partial charge in [-0.15, -0.1) is 0 Å². The highest BCUT2D eigenvalue weighted by Gasteiger charge is 2.22. The Bertz CT molecular complexity index is 948. The molecule has 1 aliphatic heterocycles. The van der Waals surface area contributed by atoms with Crippen molar-refractivity contribution in [1.82, 2.24) is 0 Å². The van der Waals surface area contributed by atoms with E-state index in [-0.39, 0.29) is 16.6 Å². The lowest BCUT2D eigenvalue weighted by atomic mass is 10.1. The van der Waals surface area contributed by atoms with E-state index in [4.69, 9.17) is 11.6 Å². The molecular formula is C20H19ClFN3O3. The van der Waals surface area contributed by atoms with Crippen LogP contribution in [0.2, 0.25) is 5.02 Å². The minimum atomic E-state index is -0.918. The van der Waals surface area contributed by atoms with Crippen molar-refractivity contribution in [3.63, 3.8) is 0 Å². The van der Waals surface area contributed by atoms with Gasteiger partial charge in [-0.3, -0.25) is 14.4 Å². The molecule has 3 rings (SSSR count). The largest absolute Gasteiger partial charge is 0.318 e. The predicted octanol–water partition coefficient (Wildman–Crippen LogP) is 3.88. The molecule has 0 unspecified atom stereocenters. The zero-order valence-corrected chi connectivity index (χ0v) is 16.0. The number of rotatable bonds is 3. The standard InChI is InChI=1S/C20H19ClFN3O3/c1-12-5-6-14(11-17(12)25-9-3-2-4-18(25)26)24-20(28)19(27)23-13-7-8-16(22)15(21)10-13/h5-8,10-11H,2-4,9H2,1H3,(H,23,27)(H,24,28). The third-order valence-electron chi connectivity index (χ3n) is 4.46. The van der Waals surface area contributed by atoms with Crippen LogP contribution in [0, 0.1) is 12.7 Å². The molecule has 1 fully saturated rings. The molecule has 28 heavy (non-hydrogen) atoms. The lowest BCUT2D eigenvalue weighted by Gasteiger charge is -2.28. The molecule has 0 saturated carbocycles. The van der Waals surface area contributed by atoms with Crippen LogP contribution in [0.15, 0.2) is 36.4 Å². The number of hydrogen-bond donors (Lipinski definition) is 2. The van der Waals surface area contributed by atoms with Gasteiger partial charge < -0.3 is 15.5 Å². The SMILES string of the molecule is Cc1ccc(NC(=O)C(=O)Nc2ccc(F)c(Cl)c2)cc1N1CCCCC1=O. The van der Waals surface area contributed by atoms with E-state index >= 15 is 0 Å². The molecule has 2 aromatic carbocycles. The highest BCUT2D eigenvalue weighted by Crippen LogP contribution is 2.28. The summed E-state index contributed by atoms with van der Waals surface area (Å²) in [7, 11) is 0. The van der Waals surface area contributed by atoms with E-state index in [0.29, 0.717) is 24.3 Å². The van der Waals surface area contributed by atoms with E-state index < -0.39 is 17.6 Å². The molecule has 0 radical (unpaired) electrons. The van der Waals surface area contributed by atoms with Gasteiger partial charge in [0.2, 0.25) is 5.91 Å². The van der Waals surface area contributed by atoms with Crippen LogP contribution < -0.4 is 15.5 Å². The van der Waals surface area contributed by atoms with Crippen LogP contribution >= 0.6 is 11.6 Å². The maximum atomic E-state index is 13.2. The van der Waals surface area contributed by atoms with Gasteiger partial charge in [0.25, 0.3) is 0 Å². The van der Waals surface area contributed by atoms with E-state index in [1.165, 1.54) is 12.1 Å². The van der Waals surface area contributed by atoms with Crippen molar-refractivity contribution in [2.75, 3.05) is 22.1 Å². The maximum Gasteiger partial charge on any atom is 0.314 e. The summed E-state index contributed by atoms with van der Waals surface area (Å²) in [6.07, 6.45) is 2.29. The Morgan fingerprint density at radius 1 is 1.04 bits per heavy atom. The van der Waals surface area contributed by atoms with E-state index in [9.17, 15) is 18.8 Å². The summed E-state index contributed by atoms with van der Waals surface area (Å²) in [6, 6.07) is 8.74. The molecular weight excluding hydrogens is 385 g/mol. The van der Waals surface area contributed by atoms with E-state index in [2.05, 4.69) is 10.6 Å². The minimum absolute atomic E-state index is 0.0451. The summed E-state index contributed by atoms with van der Waals surface area (Å²) in [5.74, 6) is -2.38. The summed E-state index contributed by atoms with van der Waals surface area (Å²) >= 11 is 5.67. The van der Waals surface area contributed by atoms with E-state index in [1.807, 2.05) is 6.92 Å². The lowest BCUT2D eigenvalue weighted by Crippen LogP contribution is -2.35. The van der Waals surface area contributed by atoms with Crippen molar-refractivity contribution < 1.29 is 18.8 Å². The number of carbonyl (C=O) groups is 3. The van der Waals surface area contributed by atoms with Crippen molar-refractivity contribution in [1.29, 1.82) is 0 Å². The molecule has 0 atom stereocenters. The molecule has 2 N–H and O–H groups in total. The Balaban J connectivity index is 1.71. The number of benzene rings is 2. The number of nitrogens with one attached hydrogen (secondary N) is 2. The normalized spacial score (nSPS) is 14.0. The number of halogens is 2. The monoisotopic (exact) mass is 403 g/mol. The summed E-state index contributed by atoms with van der Waals surface area (Å²) in [5, 5.41) is 4.71. The van der Waals surface area contributed by atoms with Gasteiger partial charge in [-0.1, -0.05) is 17.7 Å². The first-order valence-corrected chi connectivity index (χ1v) is 9.21. The van der Waals surface area contributed by atoms with Gasteiger partial charge in [0.1, 0.15) is 5.82 Å². The third-order valence-corrected chi connectivity index (χ3v) is 4.75. The first kappa shape index (κ1) is 19.8. The Morgan fingerprint density at radius 2 is 1.68 bits per heavy atom. The smallest absolute Gasteiger partial charge is 0.314 e. The third kappa shape index (κ3) is 4.48. The molecule has 146 valence electrons. The maximum absolute atomic E-state index is 13.2. The molecule has 6 nitrogen and oxygen atoms in total. The van der Waals surface area contributed by atoms with Gasteiger partial charge in [0.15, 0.2) is 0 Å². The van der Waals surface area contributed by atoms with Crippen molar-refractivity contribution in [2.24, 2.45) is 0 Å². The number of hydrogen-bond acceptors (Lipinski definition) is 3. The first-order valence-electron chi connectivity index (χ1n) is 8.83. The second kappa shape index (κ2) is 8.39. The predicted molar refractivity (Wildman–Crippen MR) is 106 cm³/mol. The molecule has 0 bridgehead atoms. The second-order valence-electron chi connectivity index (χ2n) is 6.54. The van der Waals surface area contributed by atoms with Gasteiger partial charge >= 0.3 is 11.8 Å². The van der Waals surface area contributed by atoms with Gasteiger partial charge in [0.05, 0.1) is 5.02 Å². The van der Waals surface area contributed by atoms with Crippen LogP contribution in [0.25, 0.3) is 0 Å². The Morgan fingerprint density at radius 3 is 2.32 bits per heavy atom. The number of anilines is 3. The van der Waals surface area contributed by atoms with Crippen molar-refractivity contribution in [3.8, 4) is 0 Å². The van der Waals surface area contributed by atoms with Crippen LogP contribution in [0.5, 0.6) is 0 Å². The molecule has 1 aliphatic rings. The van der Waals surface area contributed by atoms with Gasteiger partial charge in [0, 0.05) is 30.0 Å². The summed E-state index contributed by atoms with van der Waals surface area (Å²) in [6.45, 7) is 2.51. The number of piperidine rings is 1. The minimum Gasteiger partial charge on any atom is -0.318 e. The molecule has 2 aromatic rings. The zero-order valence-electron chi connectivity index (χ0n) is 15.2. The van der Waals surface area contributed by atoms with Crippen molar-refractivity contribution in [2.45, 2.75) is 26.2 Å². The quantitative estimate of drug-likeness (QED) is 0.763. The van der Waals surface area contributed by atoms with Gasteiger partial charge in [-0.2, -0.15) is 0 Å². The zero-order chi connectivity index (χ0) is 20.3. The lowest BCUT2D eigenvalue weighted by molar-refractivity contribution is -0.132. The average molecular weight is 404 g/mol.